The summed E-state index contributed by atoms with van der Waals surface area (Å²) in [7, 11) is 1.84. The molecule has 0 saturated heterocycles. The molecular weight excluding hydrogens is 140 g/mol. The molecule has 60 valence electrons. The Morgan fingerprint density at radius 1 is 1.73 bits per heavy atom. The lowest BCUT2D eigenvalue weighted by molar-refractivity contribution is 0.902. The van der Waals surface area contributed by atoms with Crippen molar-refractivity contribution in [1.29, 1.82) is 5.41 Å². The number of nitrogens with two attached hydrogens (primary N) is 2. The monoisotopic (exact) mass is 152 g/mol. The van der Waals surface area contributed by atoms with Crippen LogP contribution in [0.3, 0.4) is 0 Å². The summed E-state index contributed by atoms with van der Waals surface area (Å²) in [5.41, 5.74) is 12.4. The largest absolute Gasteiger partial charge is 0.382 e. The molecule has 0 aromatic carbocycles. The van der Waals surface area contributed by atoms with Crippen LogP contribution in [0.15, 0.2) is 12.3 Å². The molecule has 1 aromatic rings. The van der Waals surface area contributed by atoms with Crippen molar-refractivity contribution in [2.45, 2.75) is 6.54 Å². The van der Waals surface area contributed by atoms with E-state index in [1.807, 2.05) is 19.3 Å². The van der Waals surface area contributed by atoms with Crippen LogP contribution in [0.5, 0.6) is 0 Å². The van der Waals surface area contributed by atoms with Gasteiger partial charge in [-0.2, -0.15) is 0 Å². The van der Waals surface area contributed by atoms with Crippen LogP contribution < -0.4 is 11.5 Å². The van der Waals surface area contributed by atoms with Crippen LogP contribution in [0.1, 0.15) is 11.3 Å². The van der Waals surface area contributed by atoms with Crippen LogP contribution in [-0.4, -0.2) is 10.4 Å². The van der Waals surface area contributed by atoms with Gasteiger partial charge in [-0.1, -0.05) is 0 Å². The van der Waals surface area contributed by atoms with Crippen molar-refractivity contribution in [3.63, 3.8) is 0 Å². The second-order valence-corrected chi connectivity index (χ2v) is 2.46. The summed E-state index contributed by atoms with van der Waals surface area (Å²) in [5.74, 6) is 0.0761. The summed E-state index contributed by atoms with van der Waals surface area (Å²) in [4.78, 5) is 0. The molecule has 1 rings (SSSR count). The Morgan fingerprint density at radius 2 is 2.36 bits per heavy atom. The van der Waals surface area contributed by atoms with E-state index < -0.39 is 0 Å². The Labute approximate surface area is 65.3 Å². The first-order valence-corrected chi connectivity index (χ1v) is 3.35. The molecule has 0 fully saturated rings. The van der Waals surface area contributed by atoms with E-state index in [1.165, 1.54) is 0 Å². The van der Waals surface area contributed by atoms with Crippen molar-refractivity contribution >= 4 is 5.84 Å². The molecular formula is C7H12N4. The minimum Gasteiger partial charge on any atom is -0.382 e. The molecule has 0 amide bonds. The molecule has 5 N–H and O–H groups in total. The van der Waals surface area contributed by atoms with Gasteiger partial charge in [0.15, 0.2) is 0 Å². The fourth-order valence-corrected chi connectivity index (χ4v) is 1.01. The number of amidine groups is 1. The van der Waals surface area contributed by atoms with Gasteiger partial charge in [-0.25, -0.2) is 0 Å². The second kappa shape index (κ2) is 2.75. The maximum Gasteiger partial charge on any atom is 0.139 e. The normalized spacial score (nSPS) is 10.0. The summed E-state index contributed by atoms with van der Waals surface area (Å²) in [6.07, 6.45) is 1.87. The Morgan fingerprint density at radius 3 is 2.64 bits per heavy atom. The summed E-state index contributed by atoms with van der Waals surface area (Å²) < 4.78 is 1.80. The predicted octanol–water partition coefficient (Wildman–Crippen LogP) is -0.232. The maximum absolute atomic E-state index is 7.18. The van der Waals surface area contributed by atoms with Crippen molar-refractivity contribution in [1.82, 2.24) is 4.57 Å². The number of nitrogens with zero attached hydrogens (tertiary/aromatic N) is 1. The Hall–Kier alpha value is -1.29. The molecule has 4 nitrogen and oxygen atoms in total. The van der Waals surface area contributed by atoms with E-state index in [4.69, 9.17) is 16.9 Å². The number of nitrogens with one attached hydrogen (secondary N) is 1. The highest BCUT2D eigenvalue weighted by atomic mass is 15.0. The van der Waals surface area contributed by atoms with Crippen molar-refractivity contribution in [3.05, 3.63) is 23.5 Å². The molecule has 1 aromatic heterocycles. The standard InChI is InChI=1S/C7H12N4/c1-11-4-5(3-8)2-6(11)7(9)10/h2,4H,3,8H2,1H3,(H3,9,10). The number of hydrogen-bond acceptors (Lipinski definition) is 2. The fourth-order valence-electron chi connectivity index (χ4n) is 1.01. The van der Waals surface area contributed by atoms with Crippen LogP contribution in [0, 0.1) is 5.41 Å². The number of aryl methyl sites for hydroxylation is 1. The van der Waals surface area contributed by atoms with E-state index in [0.717, 1.165) is 5.56 Å². The highest BCUT2D eigenvalue weighted by molar-refractivity contribution is 5.93. The molecule has 4 heteroatoms. The first kappa shape index (κ1) is 7.81. The van der Waals surface area contributed by atoms with Crippen LogP contribution in [-0.2, 0) is 13.6 Å². The summed E-state index contributed by atoms with van der Waals surface area (Å²) >= 11 is 0. The molecule has 0 radical (unpaired) electrons. The predicted molar refractivity (Wildman–Crippen MR) is 44.3 cm³/mol. The van der Waals surface area contributed by atoms with Crippen molar-refractivity contribution in [2.24, 2.45) is 18.5 Å². The van der Waals surface area contributed by atoms with Gasteiger partial charge in [0.05, 0.1) is 5.69 Å². The zero-order valence-electron chi connectivity index (χ0n) is 6.46. The molecule has 0 bridgehead atoms. The van der Waals surface area contributed by atoms with Crippen LogP contribution in [0.4, 0.5) is 0 Å². The summed E-state index contributed by atoms with van der Waals surface area (Å²) in [6, 6.07) is 1.82. The molecule has 0 spiro atoms. The summed E-state index contributed by atoms with van der Waals surface area (Å²) in [6.45, 7) is 0.487. The molecule has 11 heavy (non-hydrogen) atoms. The van der Waals surface area contributed by atoms with Crippen LogP contribution in [0.25, 0.3) is 0 Å². The second-order valence-electron chi connectivity index (χ2n) is 2.46. The van der Waals surface area contributed by atoms with Gasteiger partial charge in [-0.15, -0.1) is 0 Å². The number of hydrogen-bond donors (Lipinski definition) is 3. The first-order chi connectivity index (χ1) is 5.15. The Bertz CT molecular complexity index is 274. The average molecular weight is 152 g/mol. The Kier molecular flexibility index (Phi) is 1.96. The minimum absolute atomic E-state index is 0.0761. The zero-order chi connectivity index (χ0) is 8.43. The van der Waals surface area contributed by atoms with Gasteiger partial charge in [0.1, 0.15) is 5.84 Å². The van der Waals surface area contributed by atoms with Crippen LogP contribution >= 0.6 is 0 Å². The highest BCUT2D eigenvalue weighted by Gasteiger charge is 2.03. The SMILES string of the molecule is Cn1cc(CN)cc1C(=N)N. The quantitative estimate of drug-likeness (QED) is 0.404. The maximum atomic E-state index is 7.18. The zero-order valence-corrected chi connectivity index (χ0v) is 6.46. The third-order valence-corrected chi connectivity index (χ3v) is 1.57. The molecule has 0 saturated carbocycles. The third kappa shape index (κ3) is 1.40. The van der Waals surface area contributed by atoms with Gasteiger partial charge < -0.3 is 16.0 Å². The van der Waals surface area contributed by atoms with Crippen molar-refractivity contribution < 1.29 is 0 Å². The van der Waals surface area contributed by atoms with Crippen molar-refractivity contribution in [2.75, 3.05) is 0 Å². The molecule has 0 atom stereocenters. The van der Waals surface area contributed by atoms with Gasteiger partial charge >= 0.3 is 0 Å². The van der Waals surface area contributed by atoms with E-state index >= 15 is 0 Å². The molecule has 1 heterocycles. The highest BCUT2D eigenvalue weighted by Crippen LogP contribution is 2.04. The third-order valence-electron chi connectivity index (χ3n) is 1.57. The van der Waals surface area contributed by atoms with Crippen LogP contribution in [0.2, 0.25) is 0 Å². The lowest BCUT2D eigenvalue weighted by atomic mass is 10.3. The van der Waals surface area contributed by atoms with Gasteiger partial charge in [0.25, 0.3) is 0 Å². The molecule has 0 aliphatic carbocycles. The van der Waals surface area contributed by atoms with Gasteiger partial charge in [0, 0.05) is 19.8 Å². The summed E-state index contributed by atoms with van der Waals surface area (Å²) in [5, 5.41) is 7.18. The van der Waals surface area contributed by atoms with E-state index in [-0.39, 0.29) is 5.84 Å². The van der Waals surface area contributed by atoms with E-state index in [0.29, 0.717) is 12.2 Å². The molecule has 0 aliphatic heterocycles. The Balaban J connectivity index is 3.07. The number of rotatable bonds is 2. The molecule has 0 aliphatic rings. The van der Waals surface area contributed by atoms with Gasteiger partial charge in [-0.05, 0) is 11.6 Å². The van der Waals surface area contributed by atoms with Gasteiger partial charge in [-0.3, -0.25) is 5.41 Å². The lowest BCUT2D eigenvalue weighted by Crippen LogP contribution is -2.14. The molecule has 0 unspecified atom stereocenters. The van der Waals surface area contributed by atoms with Crippen molar-refractivity contribution in [3.8, 4) is 0 Å². The fraction of sp³-hybridized carbons (Fsp3) is 0.286. The number of aromatic nitrogens is 1. The number of nitrogen functional groups attached to an aromatic ring is 1. The topological polar surface area (TPSA) is 80.8 Å². The average Bonchev–Trinajstić information content (AvgIpc) is 2.30. The minimum atomic E-state index is 0.0761. The first-order valence-electron chi connectivity index (χ1n) is 3.35. The smallest absolute Gasteiger partial charge is 0.139 e. The van der Waals surface area contributed by atoms with E-state index in [9.17, 15) is 0 Å². The van der Waals surface area contributed by atoms with Gasteiger partial charge in [0.2, 0.25) is 0 Å². The van der Waals surface area contributed by atoms with E-state index in [2.05, 4.69) is 0 Å². The lowest BCUT2D eigenvalue weighted by Gasteiger charge is -1.97. The van der Waals surface area contributed by atoms with E-state index in [1.54, 1.807) is 4.57 Å².